The topological polar surface area (TPSA) is 118 Å². The van der Waals surface area contributed by atoms with Crippen molar-refractivity contribution in [2.75, 3.05) is 31.2 Å². The number of amides is 2. The highest BCUT2D eigenvalue weighted by Crippen LogP contribution is 2.47. The molecular weight excluding hydrogens is 626 g/mol. The van der Waals surface area contributed by atoms with E-state index in [-0.39, 0.29) is 28.8 Å². The molecule has 0 saturated heterocycles. The summed E-state index contributed by atoms with van der Waals surface area (Å²) in [4.78, 5) is 29.0. The van der Waals surface area contributed by atoms with Crippen LogP contribution in [0, 0.1) is 17.8 Å². The van der Waals surface area contributed by atoms with Crippen molar-refractivity contribution in [2.45, 2.75) is 81.8 Å². The van der Waals surface area contributed by atoms with Crippen molar-refractivity contribution in [1.82, 2.24) is 4.72 Å². The number of fused-ring (bicyclic) bond motifs is 4. The van der Waals surface area contributed by atoms with Gasteiger partial charge in [0, 0.05) is 29.4 Å². The Bertz CT molecular complexity index is 1680. The second-order valence-electron chi connectivity index (χ2n) is 14.0. The molecule has 6 rings (SSSR count). The number of anilines is 1. The summed E-state index contributed by atoms with van der Waals surface area (Å²) in [6.07, 6.45) is 7.56. The van der Waals surface area contributed by atoms with E-state index in [4.69, 9.17) is 21.1 Å². The number of hydrogen-bond donors (Lipinski definition) is 2. The Balaban J connectivity index is 1.51. The smallest absolute Gasteiger partial charge is 0.287 e. The number of benzene rings is 2. The van der Waals surface area contributed by atoms with E-state index in [1.165, 1.54) is 11.1 Å². The predicted octanol–water partition coefficient (Wildman–Crippen LogP) is 5.61. The van der Waals surface area contributed by atoms with Gasteiger partial charge in [0.05, 0.1) is 29.9 Å². The molecule has 0 radical (unpaired) electrons. The van der Waals surface area contributed by atoms with Gasteiger partial charge in [0.1, 0.15) is 11.4 Å². The summed E-state index contributed by atoms with van der Waals surface area (Å²) >= 11 is 6.42. The Labute approximate surface area is 277 Å². The predicted molar refractivity (Wildman–Crippen MR) is 178 cm³/mol. The van der Waals surface area contributed by atoms with Gasteiger partial charge in [0.2, 0.25) is 5.91 Å². The second-order valence-corrected chi connectivity index (χ2v) is 16.4. The number of nitrogens with one attached hydrogen (secondary N) is 1. The summed E-state index contributed by atoms with van der Waals surface area (Å²) < 4.78 is 33.9. The summed E-state index contributed by atoms with van der Waals surface area (Å²) in [6.45, 7) is 8.31. The van der Waals surface area contributed by atoms with Crippen LogP contribution >= 0.6 is 11.6 Å². The van der Waals surface area contributed by atoms with Gasteiger partial charge in [-0.3, -0.25) is 14.3 Å². The Kier molecular flexibility index (Phi) is 9.04. The van der Waals surface area contributed by atoms with Crippen LogP contribution in [0.4, 0.5) is 5.69 Å². The summed E-state index contributed by atoms with van der Waals surface area (Å²) in [5.41, 5.74) is 1.44. The normalized spacial score (nSPS) is 31.4. The lowest BCUT2D eigenvalue weighted by molar-refractivity contribution is -0.137. The van der Waals surface area contributed by atoms with E-state index in [9.17, 15) is 18.9 Å². The van der Waals surface area contributed by atoms with Crippen LogP contribution in [0.2, 0.25) is 5.02 Å². The molecule has 9 nitrogen and oxygen atoms in total. The van der Waals surface area contributed by atoms with E-state index >= 15 is 0 Å². The molecule has 2 amide bonds. The molecule has 2 heterocycles. The van der Waals surface area contributed by atoms with Crippen molar-refractivity contribution in [3.63, 3.8) is 0 Å². The first-order valence-corrected chi connectivity index (χ1v) is 18.1. The average Bonchev–Trinajstić information content (AvgIpc) is 3.13. The molecule has 1 spiro atoms. The fraction of sp³-hybridized carbons (Fsp3) is 0.543. The van der Waals surface area contributed by atoms with Gasteiger partial charge < -0.3 is 19.5 Å². The Morgan fingerprint density at radius 1 is 1.20 bits per heavy atom. The minimum atomic E-state index is -3.76. The molecule has 1 fully saturated rings. The first kappa shape index (κ1) is 33.0. The number of carbonyl (C=O) groups excluding carboxylic acids is 2. The number of halogens is 1. The van der Waals surface area contributed by atoms with E-state index in [1.807, 2.05) is 6.07 Å². The highest BCUT2D eigenvalue weighted by atomic mass is 35.5. The molecule has 1 saturated carbocycles. The SMILES string of the molecule is CC(C)C(=O)NS1(=O)=NC(=O)C(C)(C)OC/C=C/[C@H](O)[C@@H]2CC[C@H]2CN2C[C@@]3(CCCc4cc(Cl)ccc43)COc3ccc1cc32. The lowest BCUT2D eigenvalue weighted by Gasteiger charge is -2.45. The molecule has 2 aliphatic carbocycles. The minimum absolute atomic E-state index is 0.0626. The summed E-state index contributed by atoms with van der Waals surface area (Å²) in [7, 11) is -3.76. The third-order valence-corrected chi connectivity index (χ3v) is 12.1. The molecule has 2 aromatic rings. The van der Waals surface area contributed by atoms with Crippen molar-refractivity contribution in [1.29, 1.82) is 0 Å². The largest absolute Gasteiger partial charge is 0.490 e. The van der Waals surface area contributed by atoms with Crippen LogP contribution in [0.15, 0.2) is 57.8 Å². The number of hydrogen-bond acceptors (Lipinski definition) is 7. The Morgan fingerprint density at radius 3 is 2.74 bits per heavy atom. The average molecular weight is 670 g/mol. The van der Waals surface area contributed by atoms with E-state index in [2.05, 4.69) is 26.1 Å². The van der Waals surface area contributed by atoms with Gasteiger partial charge in [-0.15, -0.1) is 4.36 Å². The highest BCUT2D eigenvalue weighted by Gasteiger charge is 2.44. The lowest BCUT2D eigenvalue weighted by atomic mass is 9.68. The van der Waals surface area contributed by atoms with Gasteiger partial charge in [-0.05, 0) is 99.2 Å². The zero-order valence-corrected chi connectivity index (χ0v) is 28.5. The lowest BCUT2D eigenvalue weighted by Crippen LogP contribution is -2.49. The number of aryl methyl sites for hydroxylation is 1. The molecule has 1 unspecified atom stereocenters. The van der Waals surface area contributed by atoms with Crippen LogP contribution in [-0.4, -0.2) is 59.1 Å². The summed E-state index contributed by atoms with van der Waals surface area (Å²) in [5, 5.41) is 11.9. The maximum absolute atomic E-state index is 14.7. The minimum Gasteiger partial charge on any atom is -0.490 e. The molecule has 0 aromatic heterocycles. The zero-order valence-electron chi connectivity index (χ0n) is 27.0. The fourth-order valence-corrected chi connectivity index (χ4v) is 9.04. The second kappa shape index (κ2) is 12.6. The summed E-state index contributed by atoms with van der Waals surface area (Å²) in [6, 6.07) is 11.3. The number of aliphatic hydroxyl groups excluding tert-OH is 1. The summed E-state index contributed by atoms with van der Waals surface area (Å²) in [5.74, 6) is -0.829. The van der Waals surface area contributed by atoms with E-state index in [1.54, 1.807) is 58.0 Å². The van der Waals surface area contributed by atoms with Crippen molar-refractivity contribution in [2.24, 2.45) is 22.1 Å². The van der Waals surface area contributed by atoms with Crippen LogP contribution < -0.4 is 14.4 Å². The number of aliphatic hydroxyl groups is 1. The Morgan fingerprint density at radius 2 is 2.00 bits per heavy atom. The van der Waals surface area contributed by atoms with Crippen molar-refractivity contribution < 1.29 is 28.4 Å². The number of nitrogens with zero attached hydrogens (tertiary/aromatic N) is 2. The zero-order chi connectivity index (χ0) is 32.9. The maximum Gasteiger partial charge on any atom is 0.287 e. The van der Waals surface area contributed by atoms with Gasteiger partial charge in [0.15, 0.2) is 9.92 Å². The van der Waals surface area contributed by atoms with Crippen LogP contribution in [0.5, 0.6) is 5.75 Å². The fourth-order valence-electron chi connectivity index (χ4n) is 7.09. The van der Waals surface area contributed by atoms with Gasteiger partial charge in [0.25, 0.3) is 5.91 Å². The molecule has 248 valence electrons. The van der Waals surface area contributed by atoms with E-state index in [0.29, 0.717) is 30.5 Å². The number of rotatable bonds is 2. The molecule has 4 aliphatic rings. The third-order valence-electron chi connectivity index (χ3n) is 10.1. The van der Waals surface area contributed by atoms with Gasteiger partial charge in [-0.2, -0.15) is 0 Å². The van der Waals surface area contributed by atoms with Gasteiger partial charge in [-0.25, -0.2) is 4.21 Å². The molecule has 2 aromatic carbocycles. The monoisotopic (exact) mass is 669 g/mol. The number of carbonyl (C=O) groups is 2. The van der Waals surface area contributed by atoms with Gasteiger partial charge in [-0.1, -0.05) is 43.7 Å². The van der Waals surface area contributed by atoms with Crippen LogP contribution in [-0.2, 0) is 36.1 Å². The van der Waals surface area contributed by atoms with Crippen LogP contribution in [0.25, 0.3) is 0 Å². The molecule has 5 atom stereocenters. The number of ether oxygens (including phenoxy) is 2. The van der Waals surface area contributed by atoms with Gasteiger partial charge >= 0.3 is 0 Å². The van der Waals surface area contributed by atoms with Crippen LogP contribution in [0.3, 0.4) is 0 Å². The standard InChI is InChI=1S/C35H44ClN3O6S/c1-22(2)32(41)37-46(43)26-11-14-31-29(18-26)39(20-35(21-44-31)15-5-7-23-17-25(36)10-13-28(23)35)19-24-9-12-27(24)30(40)8-6-16-45-34(3,4)33(42)38-46/h6,8,10-11,13-14,17-18,22,24,27,30,40H,5,7,9,12,15-16,19-21H2,1-4H3,(H,37,38,41,42,43)/b8-6+/t24-,27+,30-,35-,46?/m0/s1. The first-order chi connectivity index (χ1) is 21.8. The Hall–Kier alpha value is -2.92. The highest BCUT2D eigenvalue weighted by molar-refractivity contribution is 7.92. The third kappa shape index (κ3) is 6.33. The van der Waals surface area contributed by atoms with Crippen LogP contribution in [0.1, 0.15) is 64.5 Å². The van der Waals surface area contributed by atoms with E-state index < -0.39 is 39.4 Å². The first-order valence-electron chi connectivity index (χ1n) is 16.2. The molecular formula is C35H44ClN3O6S. The molecule has 46 heavy (non-hydrogen) atoms. The quantitative estimate of drug-likeness (QED) is 0.400. The maximum atomic E-state index is 14.7. The molecule has 2 N–H and O–H groups in total. The van der Waals surface area contributed by atoms with Crippen molar-refractivity contribution in [3.05, 3.63) is 64.7 Å². The van der Waals surface area contributed by atoms with Crippen molar-refractivity contribution >= 4 is 39.0 Å². The van der Waals surface area contributed by atoms with Crippen molar-refractivity contribution in [3.8, 4) is 5.75 Å². The molecule has 11 heteroatoms. The molecule has 2 bridgehead atoms. The molecule has 2 aliphatic heterocycles. The van der Waals surface area contributed by atoms with E-state index in [0.717, 1.165) is 37.8 Å².